The van der Waals surface area contributed by atoms with Crippen molar-refractivity contribution in [3.05, 3.63) is 12.2 Å². The Morgan fingerprint density at radius 1 is 1.40 bits per heavy atom. The van der Waals surface area contributed by atoms with Gasteiger partial charge in [-0.25, -0.2) is 4.79 Å². The van der Waals surface area contributed by atoms with Gasteiger partial charge in [-0.15, -0.1) is 0 Å². The average Bonchev–Trinajstić information content (AvgIpc) is 2.14. The summed E-state index contributed by atoms with van der Waals surface area (Å²) in [6.07, 6.45) is -0.138. The third-order valence-corrected chi connectivity index (χ3v) is 2.72. The van der Waals surface area contributed by atoms with Gasteiger partial charge in [0.2, 0.25) is 0 Å². The van der Waals surface area contributed by atoms with Crippen molar-refractivity contribution >= 4 is 22.7 Å². The van der Waals surface area contributed by atoms with Gasteiger partial charge in [0.25, 0.3) is 0 Å². The monoisotopic (exact) mass is 234 g/mol. The normalized spacial score (nSPS) is 11.8. The van der Waals surface area contributed by atoms with Crippen LogP contribution in [0, 0.1) is 0 Å². The van der Waals surface area contributed by atoms with Gasteiger partial charge in [-0.2, -0.15) is 0 Å². The molecule has 0 fully saturated rings. The fourth-order valence-corrected chi connectivity index (χ4v) is 1.53. The number of esters is 1. The van der Waals surface area contributed by atoms with E-state index < -0.39 is 22.7 Å². The van der Waals surface area contributed by atoms with E-state index in [2.05, 4.69) is 6.58 Å². The molecule has 0 aromatic heterocycles. The van der Waals surface area contributed by atoms with Crippen LogP contribution in [0.1, 0.15) is 13.3 Å². The van der Waals surface area contributed by atoms with Gasteiger partial charge in [0.05, 0.1) is 12.2 Å². The van der Waals surface area contributed by atoms with Gasteiger partial charge in [0.15, 0.2) is 0 Å². The smallest absolute Gasteiger partial charge is 0.333 e. The molecule has 0 aromatic carbocycles. The predicted octanol–water partition coefficient (Wildman–Crippen LogP) is 0.329. The zero-order valence-electron chi connectivity index (χ0n) is 8.52. The predicted molar refractivity (Wildman–Crippen MR) is 55.9 cm³/mol. The molecule has 0 saturated heterocycles. The number of aliphatic carboxylic acids is 1. The van der Waals surface area contributed by atoms with Crippen LogP contribution in [-0.4, -0.2) is 39.4 Å². The van der Waals surface area contributed by atoms with Crippen LogP contribution in [-0.2, 0) is 25.1 Å². The lowest BCUT2D eigenvalue weighted by Crippen LogP contribution is -2.14. The third kappa shape index (κ3) is 7.87. The lowest BCUT2D eigenvalue weighted by molar-refractivity contribution is -0.138. The van der Waals surface area contributed by atoms with Gasteiger partial charge in [-0.1, -0.05) is 6.58 Å². The van der Waals surface area contributed by atoms with Crippen molar-refractivity contribution in [1.29, 1.82) is 0 Å². The Morgan fingerprint density at radius 2 is 2.00 bits per heavy atom. The molecule has 5 nitrogen and oxygen atoms in total. The Morgan fingerprint density at radius 3 is 2.47 bits per heavy atom. The van der Waals surface area contributed by atoms with Gasteiger partial charge < -0.3 is 9.84 Å². The standard InChI is InChI=1S/C9H14O5S/c1-7(2)9(12)14-4-6-15(13)5-3-8(10)11/h1,3-6H2,2H3,(H,10,11). The Labute approximate surface area is 90.6 Å². The molecule has 0 aromatic rings. The van der Waals surface area contributed by atoms with Crippen LogP contribution >= 0.6 is 0 Å². The zero-order valence-corrected chi connectivity index (χ0v) is 9.34. The quantitative estimate of drug-likeness (QED) is 0.507. The van der Waals surface area contributed by atoms with Crippen LogP contribution in [0.25, 0.3) is 0 Å². The molecule has 0 amide bonds. The molecule has 0 saturated carbocycles. The van der Waals surface area contributed by atoms with E-state index >= 15 is 0 Å². The molecule has 1 atom stereocenters. The Balaban J connectivity index is 3.59. The molecule has 0 aliphatic rings. The van der Waals surface area contributed by atoms with Gasteiger partial charge in [-0.05, 0) is 6.92 Å². The van der Waals surface area contributed by atoms with Crippen molar-refractivity contribution in [2.24, 2.45) is 0 Å². The van der Waals surface area contributed by atoms with E-state index in [0.29, 0.717) is 0 Å². The van der Waals surface area contributed by atoms with Crippen molar-refractivity contribution in [2.45, 2.75) is 13.3 Å². The molecule has 0 heterocycles. The lowest BCUT2D eigenvalue weighted by atomic mass is 10.4. The number of carboxylic acid groups (broad SMARTS) is 1. The van der Waals surface area contributed by atoms with E-state index in [1.807, 2.05) is 0 Å². The van der Waals surface area contributed by atoms with E-state index in [9.17, 15) is 13.8 Å². The first kappa shape index (κ1) is 13.8. The van der Waals surface area contributed by atoms with Crippen LogP contribution in [0.5, 0.6) is 0 Å². The summed E-state index contributed by atoms with van der Waals surface area (Å²) in [4.78, 5) is 21.0. The topological polar surface area (TPSA) is 80.7 Å². The van der Waals surface area contributed by atoms with Gasteiger partial charge in [-0.3, -0.25) is 9.00 Å². The number of ether oxygens (including phenoxy) is 1. The summed E-state index contributed by atoms with van der Waals surface area (Å²) in [5.41, 5.74) is 0.284. The van der Waals surface area contributed by atoms with E-state index in [1.54, 1.807) is 0 Å². The van der Waals surface area contributed by atoms with Crippen LogP contribution in [0.2, 0.25) is 0 Å². The Kier molecular flexibility index (Phi) is 6.61. The maximum Gasteiger partial charge on any atom is 0.333 e. The van der Waals surface area contributed by atoms with Gasteiger partial charge >= 0.3 is 11.9 Å². The van der Waals surface area contributed by atoms with E-state index in [-0.39, 0.29) is 30.1 Å². The van der Waals surface area contributed by atoms with Crippen molar-refractivity contribution < 1.29 is 23.6 Å². The van der Waals surface area contributed by atoms with Crippen molar-refractivity contribution in [1.82, 2.24) is 0 Å². The molecule has 6 heteroatoms. The second kappa shape index (κ2) is 7.17. The molecular weight excluding hydrogens is 220 g/mol. The highest BCUT2D eigenvalue weighted by atomic mass is 32.2. The van der Waals surface area contributed by atoms with Crippen LogP contribution in [0.15, 0.2) is 12.2 Å². The summed E-state index contributed by atoms with van der Waals surface area (Å²) in [6.45, 7) is 4.93. The fourth-order valence-electron chi connectivity index (χ4n) is 0.654. The Hall–Kier alpha value is -1.17. The number of rotatable bonds is 7. The molecule has 0 spiro atoms. The summed E-state index contributed by atoms with van der Waals surface area (Å²) < 4.78 is 15.8. The summed E-state index contributed by atoms with van der Waals surface area (Å²) in [5.74, 6) is -1.26. The van der Waals surface area contributed by atoms with Crippen LogP contribution in [0.4, 0.5) is 0 Å². The first-order valence-electron chi connectivity index (χ1n) is 4.33. The van der Waals surface area contributed by atoms with E-state index in [1.165, 1.54) is 6.92 Å². The average molecular weight is 234 g/mol. The minimum absolute atomic E-state index is 0.0257. The third-order valence-electron chi connectivity index (χ3n) is 1.44. The lowest BCUT2D eigenvalue weighted by Gasteiger charge is -2.03. The number of carbonyl (C=O) groups excluding carboxylic acids is 1. The van der Waals surface area contributed by atoms with E-state index in [4.69, 9.17) is 9.84 Å². The number of carbonyl (C=O) groups is 2. The summed E-state index contributed by atoms with van der Waals surface area (Å²) in [6, 6.07) is 0. The van der Waals surface area contributed by atoms with E-state index in [0.717, 1.165) is 0 Å². The molecule has 0 rings (SSSR count). The second-order valence-corrected chi connectivity index (χ2v) is 4.60. The minimum atomic E-state index is -1.26. The van der Waals surface area contributed by atoms with Crippen LogP contribution < -0.4 is 0 Å². The Bertz CT molecular complexity index is 284. The highest BCUT2D eigenvalue weighted by Crippen LogP contribution is 1.94. The van der Waals surface area contributed by atoms with Gasteiger partial charge in [0.1, 0.15) is 6.61 Å². The van der Waals surface area contributed by atoms with Crippen molar-refractivity contribution in [3.63, 3.8) is 0 Å². The molecule has 15 heavy (non-hydrogen) atoms. The van der Waals surface area contributed by atoms with Crippen molar-refractivity contribution in [2.75, 3.05) is 18.1 Å². The summed E-state index contributed by atoms with van der Waals surface area (Å²) >= 11 is 0. The molecule has 0 bridgehead atoms. The van der Waals surface area contributed by atoms with Gasteiger partial charge in [0, 0.05) is 22.1 Å². The molecular formula is C9H14O5S. The second-order valence-electron chi connectivity index (χ2n) is 2.91. The first-order valence-corrected chi connectivity index (χ1v) is 5.81. The SMILES string of the molecule is C=C(C)C(=O)OCCS(=O)CCC(=O)O. The molecule has 1 unspecified atom stereocenters. The highest BCUT2D eigenvalue weighted by Gasteiger charge is 2.06. The summed E-state index contributed by atoms with van der Waals surface area (Å²) in [5, 5.41) is 8.32. The molecule has 86 valence electrons. The highest BCUT2D eigenvalue weighted by molar-refractivity contribution is 7.85. The number of hydrogen-bond donors (Lipinski definition) is 1. The zero-order chi connectivity index (χ0) is 11.8. The maximum absolute atomic E-state index is 11.1. The number of carboxylic acids is 1. The molecule has 0 aliphatic heterocycles. The molecule has 0 aliphatic carbocycles. The van der Waals surface area contributed by atoms with Crippen LogP contribution in [0.3, 0.4) is 0 Å². The number of hydrogen-bond acceptors (Lipinski definition) is 4. The minimum Gasteiger partial charge on any atom is -0.481 e. The largest absolute Gasteiger partial charge is 0.481 e. The molecule has 1 N–H and O–H groups in total. The summed E-state index contributed by atoms with van der Waals surface area (Å²) in [7, 11) is -1.26. The fraction of sp³-hybridized carbons (Fsp3) is 0.556. The first-order chi connectivity index (χ1) is 6.93. The maximum atomic E-state index is 11.1. The van der Waals surface area contributed by atoms with Crippen molar-refractivity contribution in [3.8, 4) is 0 Å². The molecule has 0 radical (unpaired) electrons.